The number of hydrogen-bond donors (Lipinski definition) is 0. The van der Waals surface area contributed by atoms with Crippen molar-refractivity contribution in [2.24, 2.45) is 0 Å². The topological polar surface area (TPSA) is 87.9 Å². The fourth-order valence-electron chi connectivity index (χ4n) is 1.84. The molecule has 7 nitrogen and oxygen atoms in total. The van der Waals surface area contributed by atoms with Crippen LogP contribution in [0.2, 0.25) is 0 Å². The van der Waals surface area contributed by atoms with Crippen LogP contribution in [-0.2, 0) is 20.9 Å². The van der Waals surface area contributed by atoms with E-state index in [2.05, 4.69) is 11.3 Å². The third-order valence-corrected chi connectivity index (χ3v) is 3.01. The Balaban J connectivity index is 2.59. The Bertz CT molecular complexity index is 543. The summed E-state index contributed by atoms with van der Waals surface area (Å²) in [5.74, 6) is 0.289. The monoisotopic (exact) mass is 323 g/mol. The standard InChI is InChI=1S/C16H21NO6/c1-3-9-22-12-13-11-14(17(19)20)7-8-15(13)23-10-5-4-6-16(18)21-2/h3,7-8,11H,1,4-6,9-10,12H2,2H3. The highest BCUT2D eigenvalue weighted by Gasteiger charge is 2.12. The number of carbonyl (C=O) groups is 1. The zero-order valence-electron chi connectivity index (χ0n) is 13.2. The van der Waals surface area contributed by atoms with Crippen molar-refractivity contribution in [3.8, 4) is 5.75 Å². The fourth-order valence-corrected chi connectivity index (χ4v) is 1.84. The normalized spacial score (nSPS) is 10.1. The Morgan fingerprint density at radius 2 is 2.17 bits per heavy atom. The molecule has 0 aliphatic rings. The lowest BCUT2D eigenvalue weighted by Crippen LogP contribution is -2.05. The summed E-state index contributed by atoms with van der Waals surface area (Å²) in [6.45, 7) is 4.50. The molecule has 0 aromatic heterocycles. The van der Waals surface area contributed by atoms with Crippen molar-refractivity contribution in [3.63, 3.8) is 0 Å². The van der Waals surface area contributed by atoms with Crippen LogP contribution in [0.1, 0.15) is 24.8 Å². The molecule has 0 atom stereocenters. The highest BCUT2D eigenvalue weighted by Crippen LogP contribution is 2.25. The maximum Gasteiger partial charge on any atom is 0.305 e. The molecule has 0 fully saturated rings. The number of carbonyl (C=O) groups excluding carboxylic acids is 1. The molecule has 0 bridgehead atoms. The molecule has 0 aliphatic carbocycles. The van der Waals surface area contributed by atoms with Crippen LogP contribution in [-0.4, -0.2) is 31.2 Å². The molecule has 0 unspecified atom stereocenters. The summed E-state index contributed by atoms with van der Waals surface area (Å²) in [5, 5.41) is 10.8. The lowest BCUT2D eigenvalue weighted by atomic mass is 10.2. The summed E-state index contributed by atoms with van der Waals surface area (Å²) >= 11 is 0. The summed E-state index contributed by atoms with van der Waals surface area (Å²) in [7, 11) is 1.35. The molecule has 1 aromatic carbocycles. The second-order valence-corrected chi connectivity index (χ2v) is 4.73. The molecule has 0 N–H and O–H groups in total. The van der Waals surface area contributed by atoms with Gasteiger partial charge in [0.2, 0.25) is 0 Å². The van der Waals surface area contributed by atoms with E-state index in [0.29, 0.717) is 43.8 Å². The minimum Gasteiger partial charge on any atom is -0.493 e. The minimum atomic E-state index is -0.461. The predicted molar refractivity (Wildman–Crippen MR) is 84.3 cm³/mol. The third kappa shape index (κ3) is 6.92. The highest BCUT2D eigenvalue weighted by molar-refractivity contribution is 5.68. The van der Waals surface area contributed by atoms with Crippen LogP contribution in [0.15, 0.2) is 30.9 Å². The van der Waals surface area contributed by atoms with Gasteiger partial charge in [0.25, 0.3) is 5.69 Å². The van der Waals surface area contributed by atoms with Crippen molar-refractivity contribution < 1.29 is 23.9 Å². The van der Waals surface area contributed by atoms with Gasteiger partial charge in [0.1, 0.15) is 5.75 Å². The molecule has 7 heteroatoms. The van der Waals surface area contributed by atoms with E-state index in [-0.39, 0.29) is 18.3 Å². The number of unbranched alkanes of at least 4 members (excludes halogenated alkanes) is 1. The van der Waals surface area contributed by atoms with E-state index in [4.69, 9.17) is 9.47 Å². The Kier molecular flexibility index (Phi) is 8.38. The average Bonchev–Trinajstić information content (AvgIpc) is 2.55. The van der Waals surface area contributed by atoms with Gasteiger partial charge in [0.05, 0.1) is 31.9 Å². The number of hydrogen-bond acceptors (Lipinski definition) is 6. The van der Waals surface area contributed by atoms with Gasteiger partial charge in [-0.15, -0.1) is 6.58 Å². The number of nitro benzene ring substituents is 1. The summed E-state index contributed by atoms with van der Waals surface area (Å²) in [6.07, 6.45) is 3.28. The molecule has 126 valence electrons. The summed E-state index contributed by atoms with van der Waals surface area (Å²) in [5.41, 5.74) is 0.592. The Labute approximate surface area is 135 Å². The van der Waals surface area contributed by atoms with Gasteiger partial charge in [0, 0.05) is 24.1 Å². The van der Waals surface area contributed by atoms with Gasteiger partial charge >= 0.3 is 5.97 Å². The lowest BCUT2D eigenvalue weighted by Gasteiger charge is -2.11. The van der Waals surface area contributed by atoms with E-state index in [1.165, 1.54) is 19.2 Å². The van der Waals surface area contributed by atoms with E-state index < -0.39 is 4.92 Å². The van der Waals surface area contributed by atoms with Crippen LogP contribution >= 0.6 is 0 Å². The molecular weight excluding hydrogens is 302 g/mol. The summed E-state index contributed by atoms with van der Waals surface area (Å²) < 4.78 is 15.5. The molecule has 0 radical (unpaired) electrons. The largest absolute Gasteiger partial charge is 0.493 e. The van der Waals surface area contributed by atoms with Crippen molar-refractivity contribution >= 4 is 11.7 Å². The number of rotatable bonds is 11. The molecule has 0 heterocycles. The number of non-ortho nitro benzene ring substituents is 1. The Hall–Kier alpha value is -2.41. The second kappa shape index (κ2) is 10.3. The molecular formula is C16H21NO6. The zero-order chi connectivity index (χ0) is 17.1. The van der Waals surface area contributed by atoms with Gasteiger partial charge < -0.3 is 14.2 Å². The molecule has 23 heavy (non-hydrogen) atoms. The third-order valence-electron chi connectivity index (χ3n) is 3.01. The van der Waals surface area contributed by atoms with E-state index in [1.54, 1.807) is 12.1 Å². The Morgan fingerprint density at radius 3 is 2.83 bits per heavy atom. The van der Waals surface area contributed by atoms with Crippen LogP contribution < -0.4 is 4.74 Å². The van der Waals surface area contributed by atoms with Gasteiger partial charge in [0.15, 0.2) is 0 Å². The number of benzene rings is 1. The highest BCUT2D eigenvalue weighted by atomic mass is 16.6. The number of nitro groups is 1. The maximum absolute atomic E-state index is 11.0. The number of esters is 1. The van der Waals surface area contributed by atoms with Crippen molar-refractivity contribution in [1.82, 2.24) is 0 Å². The smallest absolute Gasteiger partial charge is 0.305 e. The average molecular weight is 323 g/mol. The van der Waals surface area contributed by atoms with Crippen LogP contribution in [0.25, 0.3) is 0 Å². The molecule has 0 saturated carbocycles. The lowest BCUT2D eigenvalue weighted by molar-refractivity contribution is -0.385. The molecule has 0 amide bonds. The first kappa shape index (κ1) is 18.6. The van der Waals surface area contributed by atoms with Crippen molar-refractivity contribution in [1.29, 1.82) is 0 Å². The van der Waals surface area contributed by atoms with Gasteiger partial charge in [-0.25, -0.2) is 0 Å². The van der Waals surface area contributed by atoms with Crippen molar-refractivity contribution in [3.05, 3.63) is 46.5 Å². The van der Waals surface area contributed by atoms with Crippen LogP contribution in [0.4, 0.5) is 5.69 Å². The van der Waals surface area contributed by atoms with E-state index in [0.717, 1.165) is 0 Å². The minimum absolute atomic E-state index is 0.0137. The van der Waals surface area contributed by atoms with Gasteiger partial charge in [-0.05, 0) is 18.9 Å². The second-order valence-electron chi connectivity index (χ2n) is 4.73. The van der Waals surface area contributed by atoms with E-state index >= 15 is 0 Å². The molecule has 1 rings (SSSR count). The number of nitrogens with zero attached hydrogens (tertiary/aromatic N) is 1. The fraction of sp³-hybridized carbons (Fsp3) is 0.438. The molecule has 1 aromatic rings. The first-order chi connectivity index (χ1) is 11.1. The van der Waals surface area contributed by atoms with Crippen LogP contribution in [0.5, 0.6) is 5.75 Å². The van der Waals surface area contributed by atoms with Crippen molar-refractivity contribution in [2.45, 2.75) is 25.9 Å². The predicted octanol–water partition coefficient (Wildman–Crippen LogP) is 3.02. The van der Waals surface area contributed by atoms with Crippen molar-refractivity contribution in [2.75, 3.05) is 20.3 Å². The molecule has 0 saturated heterocycles. The molecule has 0 aliphatic heterocycles. The van der Waals surface area contributed by atoms with E-state index in [1.807, 2.05) is 0 Å². The maximum atomic E-state index is 11.0. The SMILES string of the molecule is C=CCOCc1cc([N+](=O)[O-])ccc1OCCCCC(=O)OC. The Morgan fingerprint density at radius 1 is 1.39 bits per heavy atom. The van der Waals surface area contributed by atoms with Crippen LogP contribution in [0.3, 0.4) is 0 Å². The van der Waals surface area contributed by atoms with E-state index in [9.17, 15) is 14.9 Å². The van der Waals surface area contributed by atoms with Crippen LogP contribution in [0, 0.1) is 10.1 Å². The summed E-state index contributed by atoms with van der Waals surface area (Å²) in [6, 6.07) is 4.39. The van der Waals surface area contributed by atoms with Gasteiger partial charge in [-0.2, -0.15) is 0 Å². The molecule has 0 spiro atoms. The number of ether oxygens (including phenoxy) is 3. The summed E-state index contributed by atoms with van der Waals surface area (Å²) in [4.78, 5) is 21.4. The quantitative estimate of drug-likeness (QED) is 0.204. The number of methoxy groups -OCH3 is 1. The first-order valence-corrected chi connectivity index (χ1v) is 7.24. The zero-order valence-corrected chi connectivity index (χ0v) is 13.2. The van der Waals surface area contributed by atoms with Gasteiger partial charge in [-0.3, -0.25) is 14.9 Å². The first-order valence-electron chi connectivity index (χ1n) is 7.24. The van der Waals surface area contributed by atoms with Gasteiger partial charge in [-0.1, -0.05) is 6.08 Å².